The normalized spacial score (nSPS) is 28.0. The molecule has 4 heteroatoms. The van der Waals surface area contributed by atoms with Gasteiger partial charge in [0.1, 0.15) is 5.75 Å². The predicted molar refractivity (Wildman–Crippen MR) is 114 cm³/mol. The number of nitrogens with zero attached hydrogens (tertiary/aromatic N) is 1. The fourth-order valence-corrected chi connectivity index (χ4v) is 5.39. The molecule has 0 bridgehead atoms. The molecule has 3 atom stereocenters. The lowest BCUT2D eigenvalue weighted by atomic mass is 9.66. The summed E-state index contributed by atoms with van der Waals surface area (Å²) in [6, 6.07) is 16.6. The lowest BCUT2D eigenvalue weighted by Crippen LogP contribution is -2.54. The highest BCUT2D eigenvalue weighted by molar-refractivity contribution is 6.31. The van der Waals surface area contributed by atoms with E-state index in [1.807, 2.05) is 31.2 Å². The molecule has 2 aromatic rings. The van der Waals surface area contributed by atoms with Crippen LogP contribution >= 0.6 is 11.6 Å². The molecule has 2 fully saturated rings. The van der Waals surface area contributed by atoms with Crippen molar-refractivity contribution < 1.29 is 9.84 Å². The van der Waals surface area contributed by atoms with E-state index in [4.69, 9.17) is 16.3 Å². The number of para-hydroxylation sites is 1. The van der Waals surface area contributed by atoms with Crippen LogP contribution in [0.5, 0.6) is 5.75 Å². The molecule has 0 radical (unpaired) electrons. The van der Waals surface area contributed by atoms with Crippen LogP contribution in [0, 0.1) is 5.92 Å². The van der Waals surface area contributed by atoms with Crippen LogP contribution in [0.15, 0.2) is 48.5 Å². The molecule has 2 aliphatic rings. The molecule has 1 saturated heterocycles. The maximum absolute atomic E-state index is 11.5. The molecule has 28 heavy (non-hydrogen) atoms. The van der Waals surface area contributed by atoms with Gasteiger partial charge in [0.25, 0.3) is 0 Å². The van der Waals surface area contributed by atoms with Crippen molar-refractivity contribution in [3.8, 4) is 5.75 Å². The summed E-state index contributed by atoms with van der Waals surface area (Å²) in [5.74, 6) is 1.16. The Kier molecular flexibility index (Phi) is 5.96. The number of fused-ring (bicyclic) bond motifs is 1. The molecule has 0 unspecified atom stereocenters. The first kappa shape index (κ1) is 19.8. The number of benzene rings is 2. The highest BCUT2D eigenvalue weighted by atomic mass is 35.5. The van der Waals surface area contributed by atoms with Gasteiger partial charge in [-0.25, -0.2) is 0 Å². The van der Waals surface area contributed by atoms with E-state index in [1.165, 1.54) is 12.0 Å². The van der Waals surface area contributed by atoms with Crippen molar-refractivity contribution in [1.82, 2.24) is 4.90 Å². The van der Waals surface area contributed by atoms with E-state index in [2.05, 4.69) is 29.2 Å². The third-order valence-electron chi connectivity index (χ3n) is 6.54. The predicted octanol–water partition coefficient (Wildman–Crippen LogP) is 5.61. The first-order valence-electron chi connectivity index (χ1n) is 10.5. The topological polar surface area (TPSA) is 32.7 Å². The zero-order valence-electron chi connectivity index (χ0n) is 16.6. The van der Waals surface area contributed by atoms with Crippen LogP contribution in [0.1, 0.15) is 56.2 Å². The molecule has 1 heterocycles. The maximum atomic E-state index is 11.5. The maximum Gasteiger partial charge on any atom is 0.124 e. The van der Waals surface area contributed by atoms with Crippen LogP contribution in [0.2, 0.25) is 5.02 Å². The standard InChI is InChI=1S/C24H30ClNO2/c1-2-28-22-13-6-4-10-19(22)23-20-11-7-8-14-24(20,27)15-16-26(23)17-18-9-3-5-12-21(18)25/h3-6,9-10,12-13,20,23,27H,2,7-8,11,14-17H2,1H3/t20-,23-,24+/m1/s1. The molecule has 0 aromatic heterocycles. The van der Waals surface area contributed by atoms with Gasteiger partial charge in [0.2, 0.25) is 0 Å². The van der Waals surface area contributed by atoms with Gasteiger partial charge in [0.15, 0.2) is 0 Å². The molecule has 2 aromatic carbocycles. The molecule has 1 aliphatic carbocycles. The Hall–Kier alpha value is -1.55. The van der Waals surface area contributed by atoms with Gasteiger partial charge in [-0.3, -0.25) is 4.90 Å². The van der Waals surface area contributed by atoms with Crippen molar-refractivity contribution in [2.45, 2.75) is 57.2 Å². The van der Waals surface area contributed by atoms with Gasteiger partial charge in [0, 0.05) is 35.6 Å². The number of hydrogen-bond donors (Lipinski definition) is 1. The number of ether oxygens (including phenoxy) is 1. The molecule has 1 N–H and O–H groups in total. The summed E-state index contributed by atoms with van der Waals surface area (Å²) in [6.07, 6.45) is 5.10. The van der Waals surface area contributed by atoms with E-state index in [9.17, 15) is 5.11 Å². The molecule has 1 aliphatic heterocycles. The second-order valence-electron chi connectivity index (χ2n) is 8.18. The summed E-state index contributed by atoms with van der Waals surface area (Å²) in [4.78, 5) is 2.50. The third kappa shape index (κ3) is 3.80. The van der Waals surface area contributed by atoms with Crippen molar-refractivity contribution in [1.29, 1.82) is 0 Å². The quantitative estimate of drug-likeness (QED) is 0.709. The molecular weight excluding hydrogens is 370 g/mol. The fourth-order valence-electron chi connectivity index (χ4n) is 5.19. The summed E-state index contributed by atoms with van der Waals surface area (Å²) in [7, 11) is 0. The summed E-state index contributed by atoms with van der Waals surface area (Å²) in [5, 5.41) is 12.3. The van der Waals surface area contributed by atoms with Crippen LogP contribution in [0.3, 0.4) is 0 Å². The second-order valence-corrected chi connectivity index (χ2v) is 8.59. The zero-order valence-corrected chi connectivity index (χ0v) is 17.4. The minimum Gasteiger partial charge on any atom is -0.494 e. The van der Waals surface area contributed by atoms with Crippen molar-refractivity contribution in [2.24, 2.45) is 5.92 Å². The van der Waals surface area contributed by atoms with Gasteiger partial charge in [-0.05, 0) is 43.9 Å². The average Bonchev–Trinajstić information content (AvgIpc) is 2.70. The van der Waals surface area contributed by atoms with E-state index in [0.717, 1.165) is 55.1 Å². The van der Waals surface area contributed by atoms with Gasteiger partial charge >= 0.3 is 0 Å². The molecule has 150 valence electrons. The molecular formula is C24H30ClNO2. The largest absolute Gasteiger partial charge is 0.494 e. The average molecular weight is 400 g/mol. The Morgan fingerprint density at radius 1 is 1.11 bits per heavy atom. The number of hydrogen-bond acceptors (Lipinski definition) is 3. The van der Waals surface area contributed by atoms with E-state index >= 15 is 0 Å². The minimum atomic E-state index is -0.570. The summed E-state index contributed by atoms with van der Waals surface area (Å²) < 4.78 is 5.99. The Bertz CT molecular complexity index is 811. The van der Waals surface area contributed by atoms with Gasteiger partial charge in [-0.15, -0.1) is 0 Å². The highest BCUT2D eigenvalue weighted by Gasteiger charge is 2.49. The molecule has 0 spiro atoms. The van der Waals surface area contributed by atoms with Gasteiger partial charge in [0.05, 0.1) is 12.2 Å². The highest BCUT2D eigenvalue weighted by Crippen LogP contribution is 2.51. The number of likely N-dealkylation sites (tertiary alicyclic amines) is 1. The summed E-state index contributed by atoms with van der Waals surface area (Å²) >= 11 is 6.48. The lowest BCUT2D eigenvalue weighted by Gasteiger charge is -2.53. The summed E-state index contributed by atoms with van der Waals surface area (Å²) in [6.45, 7) is 4.32. The van der Waals surface area contributed by atoms with Crippen molar-refractivity contribution in [2.75, 3.05) is 13.2 Å². The Morgan fingerprint density at radius 2 is 1.89 bits per heavy atom. The van der Waals surface area contributed by atoms with Gasteiger partial charge in [-0.2, -0.15) is 0 Å². The van der Waals surface area contributed by atoms with Crippen LogP contribution in [-0.2, 0) is 6.54 Å². The molecule has 4 rings (SSSR count). The first-order chi connectivity index (χ1) is 13.6. The third-order valence-corrected chi connectivity index (χ3v) is 6.91. The number of aliphatic hydroxyl groups is 1. The Morgan fingerprint density at radius 3 is 2.71 bits per heavy atom. The van der Waals surface area contributed by atoms with E-state index in [0.29, 0.717) is 6.61 Å². The van der Waals surface area contributed by atoms with Crippen LogP contribution in [0.4, 0.5) is 0 Å². The smallest absolute Gasteiger partial charge is 0.124 e. The zero-order chi connectivity index (χ0) is 19.6. The first-order valence-corrected chi connectivity index (χ1v) is 10.9. The van der Waals surface area contributed by atoms with Gasteiger partial charge in [-0.1, -0.05) is 60.8 Å². The summed E-state index contributed by atoms with van der Waals surface area (Å²) in [5.41, 5.74) is 1.77. The fraction of sp³-hybridized carbons (Fsp3) is 0.500. The van der Waals surface area contributed by atoms with E-state index in [1.54, 1.807) is 0 Å². The lowest BCUT2D eigenvalue weighted by molar-refractivity contribution is -0.126. The molecule has 0 amide bonds. The van der Waals surface area contributed by atoms with Crippen LogP contribution in [0.25, 0.3) is 0 Å². The number of piperidine rings is 1. The number of halogens is 1. The minimum absolute atomic E-state index is 0.137. The Balaban J connectivity index is 1.74. The van der Waals surface area contributed by atoms with Crippen LogP contribution < -0.4 is 4.74 Å². The molecule has 1 saturated carbocycles. The van der Waals surface area contributed by atoms with Crippen LogP contribution in [-0.4, -0.2) is 28.8 Å². The monoisotopic (exact) mass is 399 g/mol. The second kappa shape index (κ2) is 8.44. The van der Waals surface area contributed by atoms with E-state index in [-0.39, 0.29) is 12.0 Å². The Labute approximate surface area is 173 Å². The van der Waals surface area contributed by atoms with E-state index < -0.39 is 5.60 Å². The SMILES string of the molecule is CCOc1ccccc1[C@@H]1[C@H]2CCCC[C@]2(O)CCN1Cc1ccccc1Cl. The van der Waals surface area contributed by atoms with Crippen molar-refractivity contribution in [3.05, 3.63) is 64.7 Å². The molecule has 3 nitrogen and oxygen atoms in total. The van der Waals surface area contributed by atoms with Gasteiger partial charge < -0.3 is 9.84 Å². The van der Waals surface area contributed by atoms with Crippen molar-refractivity contribution >= 4 is 11.6 Å². The van der Waals surface area contributed by atoms with Crippen molar-refractivity contribution in [3.63, 3.8) is 0 Å². The number of rotatable bonds is 5.